The highest BCUT2D eigenvalue weighted by Gasteiger charge is 2.20. The molecule has 4 nitrogen and oxygen atoms in total. The van der Waals surface area contributed by atoms with Crippen molar-refractivity contribution < 1.29 is 19.0 Å². The predicted octanol–water partition coefficient (Wildman–Crippen LogP) is 1.40. The van der Waals surface area contributed by atoms with Crippen molar-refractivity contribution in [3.05, 3.63) is 29.1 Å². The number of hydrogen-bond donors (Lipinski definition) is 2. The van der Waals surface area contributed by atoms with E-state index in [1.54, 1.807) is 6.92 Å². The molecule has 1 aromatic carbocycles. The number of halogens is 1. The summed E-state index contributed by atoms with van der Waals surface area (Å²) in [5.74, 6) is -1.39. The molecule has 0 aromatic heterocycles. The summed E-state index contributed by atoms with van der Waals surface area (Å²) >= 11 is 0. The topological polar surface area (TPSA) is 72.5 Å². The lowest BCUT2D eigenvalue weighted by molar-refractivity contribution is -0.141. The molecule has 88 valence electrons. The van der Waals surface area contributed by atoms with Gasteiger partial charge < -0.3 is 15.6 Å². The van der Waals surface area contributed by atoms with E-state index in [-0.39, 0.29) is 17.7 Å². The van der Waals surface area contributed by atoms with E-state index in [0.29, 0.717) is 5.56 Å². The van der Waals surface area contributed by atoms with Gasteiger partial charge in [-0.05, 0) is 18.6 Å². The fourth-order valence-corrected chi connectivity index (χ4v) is 1.41. The first-order valence-corrected chi connectivity index (χ1v) is 4.77. The van der Waals surface area contributed by atoms with Crippen molar-refractivity contribution in [1.29, 1.82) is 0 Å². The Kier molecular flexibility index (Phi) is 3.84. The van der Waals surface area contributed by atoms with Gasteiger partial charge in [0.1, 0.15) is 11.6 Å². The maximum Gasteiger partial charge on any atom is 0.307 e. The second-order valence-electron chi connectivity index (χ2n) is 3.51. The highest BCUT2D eigenvalue weighted by molar-refractivity contribution is 5.70. The van der Waals surface area contributed by atoms with Gasteiger partial charge in [-0.25, -0.2) is 4.39 Å². The first-order chi connectivity index (χ1) is 7.47. The Hall–Kier alpha value is -1.62. The molecule has 0 amide bonds. The highest BCUT2D eigenvalue weighted by atomic mass is 19.1. The van der Waals surface area contributed by atoms with Crippen LogP contribution in [0.1, 0.15) is 23.6 Å². The van der Waals surface area contributed by atoms with Crippen molar-refractivity contribution in [1.82, 2.24) is 0 Å². The summed E-state index contributed by atoms with van der Waals surface area (Å²) in [4.78, 5) is 11.0. The lowest BCUT2D eigenvalue weighted by Gasteiger charge is -2.14. The van der Waals surface area contributed by atoms with Gasteiger partial charge in [0.25, 0.3) is 0 Å². The van der Waals surface area contributed by atoms with Crippen molar-refractivity contribution in [2.75, 3.05) is 7.11 Å². The molecule has 16 heavy (non-hydrogen) atoms. The van der Waals surface area contributed by atoms with Crippen LogP contribution < -0.4 is 5.73 Å². The number of rotatable bonds is 3. The molecule has 0 aliphatic carbocycles. The van der Waals surface area contributed by atoms with Gasteiger partial charge in [-0.3, -0.25) is 4.79 Å². The fourth-order valence-electron chi connectivity index (χ4n) is 1.41. The van der Waals surface area contributed by atoms with Crippen LogP contribution in [-0.4, -0.2) is 18.2 Å². The van der Waals surface area contributed by atoms with Crippen molar-refractivity contribution in [3.8, 4) is 5.75 Å². The zero-order valence-electron chi connectivity index (χ0n) is 9.16. The van der Waals surface area contributed by atoms with Crippen LogP contribution in [0.25, 0.3) is 0 Å². The van der Waals surface area contributed by atoms with Crippen LogP contribution in [0.2, 0.25) is 0 Å². The van der Waals surface area contributed by atoms with Crippen molar-refractivity contribution in [2.45, 2.75) is 19.4 Å². The van der Waals surface area contributed by atoms with Crippen LogP contribution in [0.3, 0.4) is 0 Å². The van der Waals surface area contributed by atoms with Crippen LogP contribution in [0.15, 0.2) is 12.1 Å². The number of aryl methyl sites for hydroxylation is 1. The average Bonchev–Trinajstić information content (AvgIpc) is 2.24. The monoisotopic (exact) mass is 227 g/mol. The number of hydrogen-bond acceptors (Lipinski definition) is 4. The normalized spacial score (nSPS) is 12.2. The lowest BCUT2D eigenvalue weighted by Crippen LogP contribution is -2.18. The van der Waals surface area contributed by atoms with Gasteiger partial charge in [-0.1, -0.05) is 6.07 Å². The summed E-state index contributed by atoms with van der Waals surface area (Å²) in [6.45, 7) is 1.63. The van der Waals surface area contributed by atoms with E-state index in [0.717, 1.165) is 0 Å². The second-order valence-corrected chi connectivity index (χ2v) is 3.51. The second kappa shape index (κ2) is 4.94. The Balaban J connectivity index is 3.03. The van der Waals surface area contributed by atoms with E-state index in [1.807, 2.05) is 0 Å². The Morgan fingerprint density at radius 1 is 1.62 bits per heavy atom. The maximum atomic E-state index is 13.4. The SMILES string of the molecule is COC(=O)C[C@H](N)c1c(F)ccc(C)c1O. The molecule has 0 radical (unpaired) electrons. The first kappa shape index (κ1) is 12.4. The minimum Gasteiger partial charge on any atom is -0.507 e. The molecule has 0 bridgehead atoms. The molecule has 0 unspecified atom stereocenters. The van der Waals surface area contributed by atoms with Crippen LogP contribution in [0.5, 0.6) is 5.75 Å². The molecule has 0 aliphatic rings. The van der Waals surface area contributed by atoms with Crippen LogP contribution in [0, 0.1) is 12.7 Å². The number of carbonyl (C=O) groups excluding carboxylic acids is 1. The molecule has 1 aromatic rings. The largest absolute Gasteiger partial charge is 0.507 e. The zero-order chi connectivity index (χ0) is 12.3. The summed E-state index contributed by atoms with van der Waals surface area (Å²) in [7, 11) is 1.22. The molecular weight excluding hydrogens is 213 g/mol. The number of aromatic hydroxyl groups is 1. The third-order valence-corrected chi connectivity index (χ3v) is 2.35. The standard InChI is InChI=1S/C11H14FNO3/c1-6-3-4-7(12)10(11(6)15)8(13)5-9(14)16-2/h3-4,8,15H,5,13H2,1-2H3/t8-/m0/s1. The van der Waals surface area contributed by atoms with Gasteiger partial charge >= 0.3 is 5.97 Å². The number of ether oxygens (including phenoxy) is 1. The maximum absolute atomic E-state index is 13.4. The number of methoxy groups -OCH3 is 1. The smallest absolute Gasteiger partial charge is 0.307 e. The quantitative estimate of drug-likeness (QED) is 0.765. The summed E-state index contributed by atoms with van der Waals surface area (Å²) in [6, 6.07) is 1.74. The van der Waals surface area contributed by atoms with Crippen LogP contribution in [-0.2, 0) is 9.53 Å². The lowest BCUT2D eigenvalue weighted by atomic mass is 10.0. The summed E-state index contributed by atoms with van der Waals surface area (Å²) in [5.41, 5.74) is 6.10. The van der Waals surface area contributed by atoms with Crippen molar-refractivity contribution >= 4 is 5.97 Å². The Bertz CT molecular complexity index is 406. The van der Waals surface area contributed by atoms with Gasteiger partial charge in [0, 0.05) is 11.6 Å². The Morgan fingerprint density at radius 3 is 2.81 bits per heavy atom. The number of esters is 1. The molecule has 0 saturated carbocycles. The number of nitrogens with two attached hydrogens (primary N) is 1. The van der Waals surface area contributed by atoms with Gasteiger partial charge in [-0.2, -0.15) is 0 Å². The minimum absolute atomic E-state index is 0.0506. The molecule has 0 spiro atoms. The summed E-state index contributed by atoms with van der Waals surface area (Å²) < 4.78 is 17.9. The fraction of sp³-hybridized carbons (Fsp3) is 0.364. The molecule has 5 heteroatoms. The highest BCUT2D eigenvalue weighted by Crippen LogP contribution is 2.30. The predicted molar refractivity (Wildman–Crippen MR) is 56.4 cm³/mol. The van der Waals surface area contributed by atoms with E-state index in [2.05, 4.69) is 4.74 Å². The van der Waals surface area contributed by atoms with Gasteiger partial charge in [0.15, 0.2) is 0 Å². The Morgan fingerprint density at radius 2 is 2.25 bits per heavy atom. The van der Waals surface area contributed by atoms with Crippen molar-refractivity contribution in [3.63, 3.8) is 0 Å². The van der Waals surface area contributed by atoms with E-state index in [4.69, 9.17) is 5.73 Å². The van der Waals surface area contributed by atoms with E-state index >= 15 is 0 Å². The number of phenols is 1. The van der Waals surface area contributed by atoms with Crippen LogP contribution in [0.4, 0.5) is 4.39 Å². The summed E-state index contributed by atoms with van der Waals surface area (Å²) in [6.07, 6.45) is -0.176. The van der Waals surface area contributed by atoms with E-state index in [9.17, 15) is 14.3 Å². The Labute approximate surface area is 92.8 Å². The van der Waals surface area contributed by atoms with Crippen molar-refractivity contribution in [2.24, 2.45) is 5.73 Å². The molecule has 0 aliphatic heterocycles. The molecular formula is C11H14FNO3. The molecule has 3 N–H and O–H groups in total. The molecule has 0 fully saturated rings. The van der Waals surface area contributed by atoms with Gasteiger partial charge in [0.2, 0.25) is 0 Å². The number of phenolic OH excluding ortho intramolecular Hbond substituents is 1. The van der Waals surface area contributed by atoms with Crippen LogP contribution >= 0.6 is 0 Å². The summed E-state index contributed by atoms with van der Waals surface area (Å²) in [5, 5.41) is 9.66. The van der Waals surface area contributed by atoms with E-state index < -0.39 is 17.8 Å². The molecule has 0 heterocycles. The third kappa shape index (κ3) is 2.49. The molecule has 1 rings (SSSR count). The molecule has 0 saturated heterocycles. The number of benzene rings is 1. The minimum atomic E-state index is -0.910. The number of carbonyl (C=O) groups is 1. The van der Waals surface area contributed by atoms with Gasteiger partial charge in [-0.15, -0.1) is 0 Å². The first-order valence-electron chi connectivity index (χ1n) is 4.77. The van der Waals surface area contributed by atoms with E-state index in [1.165, 1.54) is 19.2 Å². The average molecular weight is 227 g/mol. The third-order valence-electron chi connectivity index (χ3n) is 2.35. The van der Waals surface area contributed by atoms with Gasteiger partial charge in [0.05, 0.1) is 13.5 Å². The molecule has 1 atom stereocenters. The zero-order valence-corrected chi connectivity index (χ0v) is 9.16.